The summed E-state index contributed by atoms with van der Waals surface area (Å²) in [6.45, 7) is 5.97. The zero-order chi connectivity index (χ0) is 25.8. The van der Waals surface area contributed by atoms with E-state index in [1.165, 1.54) is 4.90 Å². The molecular formula is C26H34BrN5O4. The van der Waals surface area contributed by atoms with Gasteiger partial charge in [-0.05, 0) is 54.4 Å². The second kappa shape index (κ2) is 9.54. The molecule has 36 heavy (non-hydrogen) atoms. The number of carbonyl (C=O) groups is 2. The number of β-amino-alcohol motifs (C(OH)–C–C–N with tert-alkyl or cyclic N) is 1. The first-order valence-electron chi connectivity index (χ1n) is 12.7. The number of rotatable bonds is 5. The fourth-order valence-corrected chi connectivity index (χ4v) is 5.93. The van der Waals surface area contributed by atoms with E-state index >= 15 is 0 Å². The van der Waals surface area contributed by atoms with Crippen LogP contribution in [-0.4, -0.2) is 66.7 Å². The molecular weight excluding hydrogens is 526 g/mol. The normalized spacial score (nSPS) is 27.0. The third-order valence-electron chi connectivity index (χ3n) is 7.56. The summed E-state index contributed by atoms with van der Waals surface area (Å²) in [4.78, 5) is 28.8. The van der Waals surface area contributed by atoms with E-state index in [1.54, 1.807) is 4.68 Å². The van der Waals surface area contributed by atoms with Gasteiger partial charge in [0.2, 0.25) is 11.8 Å². The quantitative estimate of drug-likeness (QED) is 0.517. The van der Waals surface area contributed by atoms with E-state index in [0.717, 1.165) is 40.6 Å². The topological polar surface area (TPSA) is 121 Å². The largest absolute Gasteiger partial charge is 0.391 e. The predicted octanol–water partition coefficient (Wildman–Crippen LogP) is 2.63. The van der Waals surface area contributed by atoms with Crippen molar-refractivity contribution >= 4 is 27.7 Å². The van der Waals surface area contributed by atoms with Crippen LogP contribution in [0.1, 0.15) is 81.3 Å². The number of nitrogens with zero attached hydrogens (tertiary/aromatic N) is 4. The van der Waals surface area contributed by atoms with Gasteiger partial charge >= 0.3 is 0 Å². The van der Waals surface area contributed by atoms with Gasteiger partial charge in [0.05, 0.1) is 23.9 Å². The molecule has 5 atom stereocenters. The van der Waals surface area contributed by atoms with E-state index in [9.17, 15) is 19.8 Å². The predicted molar refractivity (Wildman–Crippen MR) is 136 cm³/mol. The lowest BCUT2D eigenvalue weighted by molar-refractivity contribution is -0.144. The van der Waals surface area contributed by atoms with Crippen LogP contribution >= 0.6 is 15.9 Å². The molecule has 0 bridgehead atoms. The molecule has 1 aromatic carbocycles. The van der Waals surface area contributed by atoms with Crippen molar-refractivity contribution in [3.63, 3.8) is 0 Å². The zero-order valence-electron chi connectivity index (χ0n) is 20.9. The van der Waals surface area contributed by atoms with E-state index in [0.29, 0.717) is 12.3 Å². The van der Waals surface area contributed by atoms with Crippen molar-refractivity contribution in [2.75, 3.05) is 6.54 Å². The molecule has 2 aliphatic carbocycles. The van der Waals surface area contributed by atoms with Crippen molar-refractivity contribution in [3.8, 4) is 0 Å². The fraction of sp³-hybridized carbons (Fsp3) is 0.615. The van der Waals surface area contributed by atoms with Crippen molar-refractivity contribution in [2.45, 2.75) is 89.1 Å². The molecule has 2 heterocycles. The molecule has 2 aromatic rings. The van der Waals surface area contributed by atoms with Crippen LogP contribution in [0.25, 0.3) is 0 Å². The van der Waals surface area contributed by atoms with Crippen molar-refractivity contribution in [3.05, 3.63) is 45.7 Å². The second-order valence-electron chi connectivity index (χ2n) is 11.5. The Balaban J connectivity index is 1.34. The van der Waals surface area contributed by atoms with E-state index in [4.69, 9.17) is 0 Å². The highest BCUT2D eigenvalue weighted by atomic mass is 79.9. The minimum Gasteiger partial charge on any atom is -0.391 e. The van der Waals surface area contributed by atoms with Gasteiger partial charge in [-0.3, -0.25) is 9.59 Å². The molecule has 1 saturated heterocycles. The van der Waals surface area contributed by atoms with Crippen LogP contribution in [0.4, 0.5) is 0 Å². The van der Waals surface area contributed by atoms with Crippen molar-refractivity contribution in [1.82, 2.24) is 25.2 Å². The van der Waals surface area contributed by atoms with Gasteiger partial charge in [-0.1, -0.05) is 48.0 Å². The van der Waals surface area contributed by atoms with Gasteiger partial charge in [-0.2, -0.15) is 0 Å². The van der Waals surface area contributed by atoms with Crippen LogP contribution in [0.5, 0.6) is 0 Å². The third-order valence-corrected chi connectivity index (χ3v) is 8.06. The Morgan fingerprint density at radius 3 is 2.64 bits per heavy atom. The summed E-state index contributed by atoms with van der Waals surface area (Å²) in [5.41, 5.74) is 2.27. The minimum absolute atomic E-state index is 0.0811. The van der Waals surface area contributed by atoms with E-state index in [2.05, 4.69) is 31.6 Å². The first-order valence-corrected chi connectivity index (χ1v) is 13.5. The molecule has 9 nitrogen and oxygen atoms in total. The first-order chi connectivity index (χ1) is 17.0. The fourth-order valence-electron chi connectivity index (χ4n) is 5.52. The molecule has 1 saturated carbocycles. The Kier molecular flexibility index (Phi) is 6.72. The first kappa shape index (κ1) is 25.4. The van der Waals surface area contributed by atoms with E-state index in [-0.39, 0.29) is 24.8 Å². The lowest BCUT2D eigenvalue weighted by Gasteiger charge is -2.36. The van der Waals surface area contributed by atoms with Crippen LogP contribution in [0.15, 0.2) is 28.9 Å². The summed E-state index contributed by atoms with van der Waals surface area (Å²) < 4.78 is 2.57. The Bertz CT molecular complexity index is 1160. The van der Waals surface area contributed by atoms with Gasteiger partial charge in [0.15, 0.2) is 0 Å². The van der Waals surface area contributed by atoms with E-state index < -0.39 is 35.7 Å². The van der Waals surface area contributed by atoms with Crippen molar-refractivity contribution in [2.24, 2.45) is 5.41 Å². The van der Waals surface area contributed by atoms with Gasteiger partial charge in [0.1, 0.15) is 12.1 Å². The zero-order valence-corrected chi connectivity index (χ0v) is 22.5. The Morgan fingerprint density at radius 1 is 1.19 bits per heavy atom. The molecule has 1 aromatic heterocycles. The SMILES string of the molecule is CC(C)(C)[C@@H](C(=O)N1C[C@H](O)C[C@H]1C(=O)N[C@@H]1CCc2cc(Br)ccc2[C@H]1O)n1cc(C2CC2)nn1. The van der Waals surface area contributed by atoms with Gasteiger partial charge in [0.25, 0.3) is 0 Å². The standard InChI is InChI=1S/C26H34BrN5O4/c1-26(2,3)23(32-13-20(29-30-32)14-4-5-14)25(36)31-12-17(33)11-21(31)24(35)28-19-9-6-15-10-16(27)7-8-18(15)22(19)34/h7-8,10,13-14,17,19,21-23,33-34H,4-6,9,11-12H2,1-3H3,(H,28,35)/t17-,19-,21+,22-,23-/m1/s1. The van der Waals surface area contributed by atoms with Crippen LogP contribution < -0.4 is 5.32 Å². The maximum absolute atomic E-state index is 13.9. The summed E-state index contributed by atoms with van der Waals surface area (Å²) in [7, 11) is 0. The van der Waals surface area contributed by atoms with Crippen molar-refractivity contribution in [1.29, 1.82) is 0 Å². The number of benzene rings is 1. The summed E-state index contributed by atoms with van der Waals surface area (Å²) in [5.74, 6) is -0.199. The lowest BCUT2D eigenvalue weighted by Crippen LogP contribution is -2.53. The monoisotopic (exact) mass is 559 g/mol. The summed E-state index contributed by atoms with van der Waals surface area (Å²) in [5, 5.41) is 32.9. The van der Waals surface area contributed by atoms with Gasteiger partial charge in [0, 0.05) is 29.6 Å². The summed E-state index contributed by atoms with van der Waals surface area (Å²) in [6.07, 6.45) is 3.87. The highest BCUT2D eigenvalue weighted by Gasteiger charge is 2.46. The average Bonchev–Trinajstić information content (AvgIpc) is 3.41. The highest BCUT2D eigenvalue weighted by molar-refractivity contribution is 9.10. The van der Waals surface area contributed by atoms with Gasteiger partial charge in [-0.15, -0.1) is 5.10 Å². The molecule has 3 N–H and O–H groups in total. The number of aliphatic hydroxyl groups is 2. The summed E-state index contributed by atoms with van der Waals surface area (Å²) in [6, 6.07) is 3.81. The molecule has 194 valence electrons. The number of aryl methyl sites for hydroxylation is 1. The molecule has 2 amide bonds. The molecule has 10 heteroatoms. The molecule has 5 rings (SSSR count). The minimum atomic E-state index is -0.834. The Morgan fingerprint density at radius 2 is 1.94 bits per heavy atom. The maximum atomic E-state index is 13.9. The van der Waals surface area contributed by atoms with Crippen LogP contribution in [0, 0.1) is 5.41 Å². The molecule has 3 aliphatic rings. The summed E-state index contributed by atoms with van der Waals surface area (Å²) >= 11 is 3.47. The maximum Gasteiger partial charge on any atom is 0.248 e. The number of carbonyl (C=O) groups excluding carboxylic acids is 2. The van der Waals surface area contributed by atoms with Gasteiger partial charge < -0.3 is 20.4 Å². The second-order valence-corrected chi connectivity index (χ2v) is 12.4. The number of aliphatic hydroxyl groups excluding tert-OH is 2. The smallest absolute Gasteiger partial charge is 0.248 e. The number of fused-ring (bicyclic) bond motifs is 1. The van der Waals surface area contributed by atoms with E-state index in [1.807, 2.05) is 45.2 Å². The number of amides is 2. The number of aromatic nitrogens is 3. The van der Waals surface area contributed by atoms with Crippen LogP contribution in [-0.2, 0) is 16.0 Å². The number of halogens is 1. The van der Waals surface area contributed by atoms with Crippen molar-refractivity contribution < 1.29 is 19.8 Å². The molecule has 1 aliphatic heterocycles. The molecule has 2 fully saturated rings. The Labute approximate surface area is 219 Å². The highest BCUT2D eigenvalue weighted by Crippen LogP contribution is 2.40. The average molecular weight is 560 g/mol. The van der Waals surface area contributed by atoms with Gasteiger partial charge in [-0.25, -0.2) is 4.68 Å². The molecule has 0 spiro atoms. The van der Waals surface area contributed by atoms with Crippen LogP contribution in [0.2, 0.25) is 0 Å². The number of hydrogen-bond donors (Lipinski definition) is 3. The number of nitrogens with one attached hydrogen (secondary N) is 1. The van der Waals surface area contributed by atoms with Crippen LogP contribution in [0.3, 0.4) is 0 Å². The Hall–Kier alpha value is -2.30. The molecule has 0 unspecified atom stereocenters. The third kappa shape index (κ3) is 4.95. The lowest BCUT2D eigenvalue weighted by atomic mass is 9.85. The number of likely N-dealkylation sites (tertiary alicyclic amines) is 1. The molecule has 0 radical (unpaired) electrons. The number of hydrogen-bond acceptors (Lipinski definition) is 6.